The number of rotatable bonds is 7. The lowest BCUT2D eigenvalue weighted by atomic mass is 10.1. The summed E-state index contributed by atoms with van der Waals surface area (Å²) in [6.07, 6.45) is 1.96. The number of pyridine rings is 1. The van der Waals surface area contributed by atoms with Crippen LogP contribution in [0.2, 0.25) is 0 Å². The SMILES string of the molecule is CCOC(=O)OC(=O)[C@H](NC(=O)CN=C(N)c1ccncc1)c1ccccc1. The van der Waals surface area contributed by atoms with Crippen LogP contribution >= 0.6 is 0 Å². The summed E-state index contributed by atoms with van der Waals surface area (Å²) in [4.78, 5) is 43.9. The Morgan fingerprint density at radius 3 is 2.46 bits per heavy atom. The van der Waals surface area contributed by atoms with Crippen molar-refractivity contribution in [3.63, 3.8) is 0 Å². The lowest BCUT2D eigenvalue weighted by molar-refractivity contribution is -0.144. The molecule has 9 nitrogen and oxygen atoms in total. The van der Waals surface area contributed by atoms with Gasteiger partial charge < -0.3 is 20.5 Å². The maximum Gasteiger partial charge on any atom is 0.516 e. The zero-order chi connectivity index (χ0) is 20.4. The minimum atomic E-state index is -1.20. The molecule has 0 aliphatic heterocycles. The van der Waals surface area contributed by atoms with E-state index in [9.17, 15) is 14.4 Å². The predicted octanol–water partition coefficient (Wildman–Crippen LogP) is 1.34. The highest BCUT2D eigenvalue weighted by molar-refractivity contribution is 5.98. The molecule has 146 valence electrons. The quantitative estimate of drug-likeness (QED) is 0.318. The Morgan fingerprint density at radius 1 is 1.14 bits per heavy atom. The summed E-state index contributed by atoms with van der Waals surface area (Å²) in [5.41, 5.74) is 6.89. The maximum absolute atomic E-state index is 12.3. The minimum absolute atomic E-state index is 0.0530. The fourth-order valence-corrected chi connectivity index (χ4v) is 2.19. The zero-order valence-corrected chi connectivity index (χ0v) is 15.2. The third kappa shape index (κ3) is 6.20. The fourth-order valence-electron chi connectivity index (χ4n) is 2.19. The van der Waals surface area contributed by atoms with E-state index in [1.165, 1.54) is 0 Å². The Bertz CT molecular complexity index is 840. The second-order valence-corrected chi connectivity index (χ2v) is 5.45. The van der Waals surface area contributed by atoms with Gasteiger partial charge in [0.1, 0.15) is 12.4 Å². The van der Waals surface area contributed by atoms with Crippen molar-refractivity contribution in [2.75, 3.05) is 13.2 Å². The predicted molar refractivity (Wildman–Crippen MR) is 100 cm³/mol. The van der Waals surface area contributed by atoms with Crippen molar-refractivity contribution in [2.45, 2.75) is 13.0 Å². The second kappa shape index (κ2) is 10.4. The molecule has 1 amide bonds. The summed E-state index contributed by atoms with van der Waals surface area (Å²) >= 11 is 0. The van der Waals surface area contributed by atoms with E-state index >= 15 is 0 Å². The minimum Gasteiger partial charge on any atom is -0.434 e. The van der Waals surface area contributed by atoms with E-state index in [0.29, 0.717) is 11.1 Å². The lowest BCUT2D eigenvalue weighted by Crippen LogP contribution is -2.37. The van der Waals surface area contributed by atoms with Crippen molar-refractivity contribution in [1.29, 1.82) is 0 Å². The van der Waals surface area contributed by atoms with E-state index in [-0.39, 0.29) is 19.0 Å². The molecule has 0 saturated carbocycles. The molecule has 1 aromatic heterocycles. The van der Waals surface area contributed by atoms with Gasteiger partial charge in [-0.25, -0.2) is 9.59 Å². The Balaban J connectivity index is 2.08. The summed E-state index contributed by atoms with van der Waals surface area (Å²) in [6.45, 7) is 1.31. The molecule has 0 aliphatic rings. The van der Waals surface area contributed by atoms with E-state index in [4.69, 9.17) is 5.73 Å². The monoisotopic (exact) mass is 384 g/mol. The normalized spacial score (nSPS) is 12.0. The molecule has 1 aromatic carbocycles. The van der Waals surface area contributed by atoms with Gasteiger partial charge in [-0.15, -0.1) is 0 Å². The molecule has 0 fully saturated rings. The molecule has 0 bridgehead atoms. The van der Waals surface area contributed by atoms with E-state index in [2.05, 4.69) is 24.8 Å². The third-order valence-corrected chi connectivity index (χ3v) is 3.49. The molecule has 2 rings (SSSR count). The van der Waals surface area contributed by atoms with Crippen molar-refractivity contribution in [1.82, 2.24) is 10.3 Å². The van der Waals surface area contributed by atoms with Crippen LogP contribution in [0.1, 0.15) is 24.1 Å². The van der Waals surface area contributed by atoms with Crippen LogP contribution in [-0.4, -0.2) is 42.0 Å². The highest BCUT2D eigenvalue weighted by Crippen LogP contribution is 2.15. The molecule has 28 heavy (non-hydrogen) atoms. The summed E-state index contributed by atoms with van der Waals surface area (Å²) in [5, 5.41) is 2.49. The Morgan fingerprint density at radius 2 is 1.82 bits per heavy atom. The van der Waals surface area contributed by atoms with E-state index in [0.717, 1.165) is 0 Å². The highest BCUT2D eigenvalue weighted by atomic mass is 16.7. The maximum atomic E-state index is 12.3. The lowest BCUT2D eigenvalue weighted by Gasteiger charge is -2.16. The van der Waals surface area contributed by atoms with Crippen molar-refractivity contribution < 1.29 is 23.9 Å². The molecule has 0 spiro atoms. The van der Waals surface area contributed by atoms with E-state index < -0.39 is 24.1 Å². The molecule has 1 heterocycles. The van der Waals surface area contributed by atoms with E-state index in [1.54, 1.807) is 61.8 Å². The molecule has 0 radical (unpaired) electrons. The first-order valence-electron chi connectivity index (χ1n) is 8.44. The molecule has 0 saturated heterocycles. The van der Waals surface area contributed by atoms with Crippen LogP contribution in [0.25, 0.3) is 0 Å². The Labute approximate surface area is 161 Å². The second-order valence-electron chi connectivity index (χ2n) is 5.45. The van der Waals surface area contributed by atoms with Gasteiger partial charge in [0.2, 0.25) is 5.91 Å². The van der Waals surface area contributed by atoms with Crippen molar-refractivity contribution in [3.8, 4) is 0 Å². The van der Waals surface area contributed by atoms with Crippen molar-refractivity contribution in [3.05, 3.63) is 66.0 Å². The molecule has 0 aliphatic carbocycles. The van der Waals surface area contributed by atoms with Crippen LogP contribution in [0.5, 0.6) is 0 Å². The first kappa shape index (κ1) is 20.6. The molecular formula is C19H20N4O5. The molecule has 3 N–H and O–H groups in total. The van der Waals surface area contributed by atoms with Gasteiger partial charge in [-0.3, -0.25) is 14.8 Å². The number of ether oxygens (including phenoxy) is 2. The number of carbonyl (C=O) groups excluding carboxylic acids is 3. The number of nitrogens with two attached hydrogens (primary N) is 1. The molecule has 1 atom stereocenters. The zero-order valence-electron chi connectivity index (χ0n) is 15.2. The van der Waals surface area contributed by atoms with Gasteiger partial charge in [0.15, 0.2) is 6.04 Å². The summed E-state index contributed by atoms with van der Waals surface area (Å²) < 4.78 is 9.21. The number of amides is 1. The number of aromatic nitrogens is 1. The first-order chi connectivity index (χ1) is 13.5. The van der Waals surface area contributed by atoms with Gasteiger partial charge in [0.05, 0.1) is 6.61 Å². The smallest absolute Gasteiger partial charge is 0.434 e. The number of hydrogen-bond donors (Lipinski definition) is 2. The molecule has 2 aromatic rings. The number of esters is 1. The number of hydrogen-bond acceptors (Lipinski definition) is 7. The summed E-state index contributed by atoms with van der Waals surface area (Å²) in [6, 6.07) is 10.5. The highest BCUT2D eigenvalue weighted by Gasteiger charge is 2.26. The van der Waals surface area contributed by atoms with Crippen molar-refractivity contribution >= 4 is 23.9 Å². The van der Waals surface area contributed by atoms with E-state index in [1.807, 2.05) is 0 Å². The molecular weight excluding hydrogens is 364 g/mol. The van der Waals surface area contributed by atoms with Crippen LogP contribution in [0, 0.1) is 0 Å². The van der Waals surface area contributed by atoms with Gasteiger partial charge in [-0.05, 0) is 24.6 Å². The number of carbonyl (C=O) groups is 3. The molecule has 0 unspecified atom stereocenters. The topological polar surface area (TPSA) is 133 Å². The van der Waals surface area contributed by atoms with Gasteiger partial charge in [-0.1, -0.05) is 30.3 Å². The van der Waals surface area contributed by atoms with Crippen LogP contribution in [-0.2, 0) is 19.1 Å². The number of aliphatic imine (C=N–C) groups is 1. The summed E-state index contributed by atoms with van der Waals surface area (Å²) in [7, 11) is 0. The average molecular weight is 384 g/mol. The largest absolute Gasteiger partial charge is 0.516 e. The van der Waals surface area contributed by atoms with Gasteiger partial charge in [-0.2, -0.15) is 0 Å². The average Bonchev–Trinajstić information content (AvgIpc) is 2.71. The van der Waals surface area contributed by atoms with Crippen LogP contribution in [0.4, 0.5) is 4.79 Å². The summed E-state index contributed by atoms with van der Waals surface area (Å²) in [5.74, 6) is -1.39. The fraction of sp³-hybridized carbons (Fsp3) is 0.211. The van der Waals surface area contributed by atoms with Crippen LogP contribution in [0.3, 0.4) is 0 Å². The van der Waals surface area contributed by atoms with Gasteiger partial charge >= 0.3 is 12.1 Å². The molecule has 9 heteroatoms. The van der Waals surface area contributed by atoms with Crippen LogP contribution in [0.15, 0.2) is 59.9 Å². The Kier molecular flexibility index (Phi) is 7.64. The van der Waals surface area contributed by atoms with Gasteiger partial charge in [0.25, 0.3) is 0 Å². The Hall–Kier alpha value is -3.75. The van der Waals surface area contributed by atoms with Gasteiger partial charge in [0, 0.05) is 18.0 Å². The van der Waals surface area contributed by atoms with Crippen molar-refractivity contribution in [2.24, 2.45) is 10.7 Å². The number of benzene rings is 1. The number of nitrogens with one attached hydrogen (secondary N) is 1. The number of amidine groups is 1. The first-order valence-corrected chi connectivity index (χ1v) is 8.44. The third-order valence-electron chi connectivity index (χ3n) is 3.49. The number of nitrogens with zero attached hydrogens (tertiary/aromatic N) is 2. The van der Waals surface area contributed by atoms with Crippen LogP contribution < -0.4 is 11.1 Å². The standard InChI is InChI=1S/C19H20N4O5/c1-2-27-19(26)28-18(25)16(13-6-4-3-5-7-13)23-15(24)12-22-17(20)14-8-10-21-11-9-14/h3-11,16H,2,12H2,1H3,(H2,20,22)(H,23,24)/t16-/m1/s1.